The maximum Gasteiger partial charge on any atom is 0.260 e. The minimum absolute atomic E-state index is 0.0383. The van der Waals surface area contributed by atoms with Crippen LogP contribution in [0.25, 0.3) is 0 Å². The summed E-state index contributed by atoms with van der Waals surface area (Å²) in [5.41, 5.74) is 0. The molecule has 1 aromatic rings. The van der Waals surface area contributed by atoms with E-state index in [0.717, 1.165) is 25.9 Å². The number of hydrogen-bond acceptors (Lipinski definition) is 3. The van der Waals surface area contributed by atoms with E-state index < -0.39 is 0 Å². The second-order valence-electron chi connectivity index (χ2n) is 5.46. The lowest BCUT2D eigenvalue weighted by molar-refractivity contribution is -0.132. The molecule has 1 aromatic carbocycles. The highest BCUT2D eigenvalue weighted by molar-refractivity contribution is 6.35. The van der Waals surface area contributed by atoms with E-state index in [4.69, 9.17) is 32.7 Å². The minimum Gasteiger partial charge on any atom is -0.482 e. The van der Waals surface area contributed by atoms with Crippen LogP contribution in [0.4, 0.5) is 0 Å². The van der Waals surface area contributed by atoms with Crippen molar-refractivity contribution >= 4 is 29.1 Å². The van der Waals surface area contributed by atoms with Crippen LogP contribution in [0.2, 0.25) is 10.0 Å². The Balaban J connectivity index is 1.73. The maximum absolute atomic E-state index is 12.1. The van der Waals surface area contributed by atoms with Gasteiger partial charge in [0, 0.05) is 25.2 Å². The van der Waals surface area contributed by atoms with Crippen LogP contribution in [-0.4, -0.2) is 43.7 Å². The summed E-state index contributed by atoms with van der Waals surface area (Å²) in [4.78, 5) is 13.7. The van der Waals surface area contributed by atoms with Gasteiger partial charge in [-0.15, -0.1) is 0 Å². The van der Waals surface area contributed by atoms with Crippen LogP contribution in [0.15, 0.2) is 18.2 Å². The molecule has 1 fully saturated rings. The number of carbonyl (C=O) groups is 1. The number of benzene rings is 1. The van der Waals surface area contributed by atoms with Crippen LogP contribution in [-0.2, 0) is 9.53 Å². The number of ether oxygens (including phenoxy) is 2. The monoisotopic (exact) mass is 345 g/mol. The minimum atomic E-state index is -0.0816. The molecule has 22 heavy (non-hydrogen) atoms. The number of rotatable bonds is 6. The summed E-state index contributed by atoms with van der Waals surface area (Å²) < 4.78 is 11.1. The van der Waals surface area contributed by atoms with Crippen molar-refractivity contribution in [3.05, 3.63) is 28.2 Å². The van der Waals surface area contributed by atoms with E-state index in [1.54, 1.807) is 30.1 Å². The van der Waals surface area contributed by atoms with E-state index in [-0.39, 0.29) is 18.6 Å². The van der Waals surface area contributed by atoms with Gasteiger partial charge in [0.15, 0.2) is 6.61 Å². The van der Waals surface area contributed by atoms with Crippen LogP contribution >= 0.6 is 23.2 Å². The standard InChI is InChI=1S/C16H21Cl2NO3/c1-19(8-7-13-4-2-3-9-21-13)16(20)11-22-15-6-5-12(17)10-14(15)18/h5-6,10,13H,2-4,7-9,11H2,1H3/t13-/m1/s1. The fourth-order valence-corrected chi connectivity index (χ4v) is 2.80. The number of amides is 1. The molecular weight excluding hydrogens is 325 g/mol. The van der Waals surface area contributed by atoms with Crippen molar-refractivity contribution in [2.24, 2.45) is 0 Å². The molecule has 122 valence electrons. The topological polar surface area (TPSA) is 38.8 Å². The molecule has 0 unspecified atom stereocenters. The first kappa shape index (κ1) is 17.4. The van der Waals surface area contributed by atoms with Crippen molar-refractivity contribution < 1.29 is 14.3 Å². The van der Waals surface area contributed by atoms with Crippen molar-refractivity contribution in [3.8, 4) is 5.75 Å². The Morgan fingerprint density at radius 2 is 2.23 bits per heavy atom. The molecule has 0 radical (unpaired) electrons. The van der Waals surface area contributed by atoms with Crippen molar-refractivity contribution in [1.29, 1.82) is 0 Å². The summed E-state index contributed by atoms with van der Waals surface area (Å²) in [6.45, 7) is 1.46. The maximum atomic E-state index is 12.1. The average Bonchev–Trinajstić information content (AvgIpc) is 2.52. The highest BCUT2D eigenvalue weighted by Gasteiger charge is 2.17. The molecule has 6 heteroatoms. The van der Waals surface area contributed by atoms with Gasteiger partial charge in [0.2, 0.25) is 0 Å². The fourth-order valence-electron chi connectivity index (χ4n) is 2.34. The van der Waals surface area contributed by atoms with E-state index in [2.05, 4.69) is 0 Å². The van der Waals surface area contributed by atoms with Gasteiger partial charge >= 0.3 is 0 Å². The lowest BCUT2D eigenvalue weighted by Crippen LogP contribution is -2.34. The quantitative estimate of drug-likeness (QED) is 0.787. The zero-order valence-corrected chi connectivity index (χ0v) is 14.2. The first-order valence-corrected chi connectivity index (χ1v) is 8.25. The van der Waals surface area contributed by atoms with Crippen LogP contribution < -0.4 is 4.74 Å². The Morgan fingerprint density at radius 3 is 2.91 bits per heavy atom. The van der Waals surface area contributed by atoms with Gasteiger partial charge in [0.1, 0.15) is 5.75 Å². The molecule has 1 atom stereocenters. The van der Waals surface area contributed by atoms with Crippen molar-refractivity contribution in [1.82, 2.24) is 4.90 Å². The lowest BCUT2D eigenvalue weighted by atomic mass is 10.1. The molecule has 1 aliphatic rings. The highest BCUT2D eigenvalue weighted by Crippen LogP contribution is 2.27. The zero-order valence-electron chi connectivity index (χ0n) is 12.7. The summed E-state index contributed by atoms with van der Waals surface area (Å²) in [7, 11) is 1.78. The van der Waals surface area contributed by atoms with Crippen LogP contribution in [0.5, 0.6) is 5.75 Å². The molecule has 2 rings (SSSR count). The van der Waals surface area contributed by atoms with E-state index >= 15 is 0 Å². The van der Waals surface area contributed by atoms with Gasteiger partial charge in [0.25, 0.3) is 5.91 Å². The summed E-state index contributed by atoms with van der Waals surface area (Å²) in [5, 5.41) is 0.937. The van der Waals surface area contributed by atoms with Crippen LogP contribution in [0.3, 0.4) is 0 Å². The third kappa shape index (κ3) is 5.34. The van der Waals surface area contributed by atoms with Crippen molar-refractivity contribution in [2.75, 3.05) is 26.8 Å². The molecule has 1 saturated heterocycles. The van der Waals surface area contributed by atoms with E-state index in [0.29, 0.717) is 22.3 Å². The van der Waals surface area contributed by atoms with E-state index in [1.807, 2.05) is 0 Å². The van der Waals surface area contributed by atoms with E-state index in [9.17, 15) is 4.79 Å². The Morgan fingerprint density at radius 1 is 1.41 bits per heavy atom. The molecule has 1 aliphatic heterocycles. The van der Waals surface area contributed by atoms with Gasteiger partial charge < -0.3 is 14.4 Å². The normalized spacial score (nSPS) is 18.0. The Bertz CT molecular complexity index is 504. The predicted molar refractivity (Wildman–Crippen MR) is 87.8 cm³/mol. The van der Waals surface area contributed by atoms with Crippen molar-refractivity contribution in [2.45, 2.75) is 31.8 Å². The second kappa shape index (κ2) is 8.61. The van der Waals surface area contributed by atoms with Crippen LogP contribution in [0, 0.1) is 0 Å². The van der Waals surface area contributed by atoms with Crippen molar-refractivity contribution in [3.63, 3.8) is 0 Å². The molecule has 1 heterocycles. The second-order valence-corrected chi connectivity index (χ2v) is 6.30. The van der Waals surface area contributed by atoms with Gasteiger partial charge in [-0.25, -0.2) is 0 Å². The Kier molecular flexibility index (Phi) is 6.80. The molecule has 0 saturated carbocycles. The SMILES string of the molecule is CN(CC[C@H]1CCCCO1)C(=O)COc1ccc(Cl)cc1Cl. The fraction of sp³-hybridized carbons (Fsp3) is 0.562. The van der Waals surface area contributed by atoms with Gasteiger partial charge in [0.05, 0.1) is 11.1 Å². The van der Waals surface area contributed by atoms with Gasteiger partial charge in [-0.2, -0.15) is 0 Å². The molecule has 0 aliphatic carbocycles. The summed E-state index contributed by atoms with van der Waals surface area (Å²) >= 11 is 11.8. The first-order chi connectivity index (χ1) is 10.6. The van der Waals surface area contributed by atoms with Gasteiger partial charge in [-0.3, -0.25) is 4.79 Å². The highest BCUT2D eigenvalue weighted by atomic mass is 35.5. The zero-order chi connectivity index (χ0) is 15.9. The molecule has 1 amide bonds. The molecular formula is C16H21Cl2NO3. The average molecular weight is 346 g/mol. The third-order valence-electron chi connectivity index (χ3n) is 3.73. The smallest absolute Gasteiger partial charge is 0.260 e. The lowest BCUT2D eigenvalue weighted by Gasteiger charge is -2.25. The number of halogens is 2. The van der Waals surface area contributed by atoms with Crippen LogP contribution in [0.1, 0.15) is 25.7 Å². The number of likely N-dealkylation sites (N-methyl/N-ethyl adjacent to an activating group) is 1. The Hall–Kier alpha value is -0.970. The molecule has 0 spiro atoms. The summed E-state index contributed by atoms with van der Waals surface area (Å²) in [6, 6.07) is 4.93. The number of nitrogens with zero attached hydrogens (tertiary/aromatic N) is 1. The largest absolute Gasteiger partial charge is 0.482 e. The Labute approximate surface area is 141 Å². The van der Waals surface area contributed by atoms with E-state index in [1.165, 1.54) is 6.42 Å². The molecule has 4 nitrogen and oxygen atoms in total. The first-order valence-electron chi connectivity index (χ1n) is 7.49. The molecule has 0 aromatic heterocycles. The predicted octanol–water partition coefficient (Wildman–Crippen LogP) is 3.79. The molecule has 0 N–H and O–H groups in total. The number of carbonyl (C=O) groups excluding carboxylic acids is 1. The van der Waals surface area contributed by atoms with Gasteiger partial charge in [-0.05, 0) is 43.9 Å². The number of hydrogen-bond donors (Lipinski definition) is 0. The third-order valence-corrected chi connectivity index (χ3v) is 4.26. The summed E-state index contributed by atoms with van der Waals surface area (Å²) in [6.07, 6.45) is 4.57. The molecule has 0 bridgehead atoms. The van der Waals surface area contributed by atoms with Gasteiger partial charge in [-0.1, -0.05) is 23.2 Å². The summed E-state index contributed by atoms with van der Waals surface area (Å²) in [5.74, 6) is 0.380.